The van der Waals surface area contributed by atoms with E-state index in [9.17, 15) is 9.50 Å². The number of aliphatic hydroxyl groups is 1. The van der Waals surface area contributed by atoms with Crippen molar-refractivity contribution in [3.8, 4) is 5.75 Å². The van der Waals surface area contributed by atoms with Gasteiger partial charge in [-0.3, -0.25) is 0 Å². The highest BCUT2D eigenvalue weighted by atomic mass is 79.9. The monoisotopic (exact) mass is 539 g/mol. The predicted molar refractivity (Wildman–Crippen MR) is 136 cm³/mol. The molecule has 0 saturated carbocycles. The molecule has 1 N–H and O–H groups in total. The summed E-state index contributed by atoms with van der Waals surface area (Å²) in [6.07, 6.45) is 10.9. The van der Waals surface area contributed by atoms with E-state index in [0.717, 1.165) is 42.8 Å². The van der Waals surface area contributed by atoms with Crippen molar-refractivity contribution in [1.82, 2.24) is 14.5 Å². The summed E-state index contributed by atoms with van der Waals surface area (Å²) >= 11 is 3.25. The largest absolute Gasteiger partial charge is 0.493 e. The molecule has 2 aromatic carbocycles. The molecule has 4 aromatic rings. The Bertz CT molecular complexity index is 1300. The molecule has 0 radical (unpaired) electrons. The quantitative estimate of drug-likeness (QED) is 0.237. The van der Waals surface area contributed by atoms with Gasteiger partial charge in [0.25, 0.3) is 0 Å². The van der Waals surface area contributed by atoms with E-state index in [0.29, 0.717) is 28.4 Å². The summed E-state index contributed by atoms with van der Waals surface area (Å²) < 4.78 is 28.0. The lowest BCUT2D eigenvalue weighted by atomic mass is 10.1. The number of hydrogen-bond acceptors (Lipinski definition) is 5. The Morgan fingerprint density at radius 1 is 1.17 bits per heavy atom. The van der Waals surface area contributed by atoms with E-state index in [4.69, 9.17) is 9.15 Å². The third kappa shape index (κ3) is 6.90. The molecule has 2 aromatic heterocycles. The van der Waals surface area contributed by atoms with Crippen LogP contribution in [0.5, 0.6) is 5.75 Å². The second-order valence-corrected chi connectivity index (χ2v) is 9.09. The van der Waals surface area contributed by atoms with Gasteiger partial charge in [-0.05, 0) is 61.6 Å². The summed E-state index contributed by atoms with van der Waals surface area (Å²) in [5.74, 6) is 1.68. The van der Waals surface area contributed by atoms with Crippen LogP contribution in [0.3, 0.4) is 0 Å². The van der Waals surface area contributed by atoms with E-state index in [1.165, 1.54) is 11.6 Å². The molecule has 0 fully saturated rings. The Kier molecular flexibility index (Phi) is 8.50. The molecule has 0 atom stereocenters. The summed E-state index contributed by atoms with van der Waals surface area (Å²) in [5, 5.41) is 9.27. The van der Waals surface area contributed by atoms with E-state index < -0.39 is 0 Å². The van der Waals surface area contributed by atoms with Crippen LogP contribution in [0.15, 0.2) is 63.9 Å². The number of aromatic nitrogens is 3. The van der Waals surface area contributed by atoms with Crippen molar-refractivity contribution in [3.05, 3.63) is 99.4 Å². The maximum absolute atomic E-state index is 13.9. The molecule has 6 nitrogen and oxygen atoms in total. The molecule has 182 valence electrons. The van der Waals surface area contributed by atoms with Gasteiger partial charge in [-0.1, -0.05) is 34.1 Å². The fourth-order valence-corrected chi connectivity index (χ4v) is 4.06. The lowest BCUT2D eigenvalue weighted by Crippen LogP contribution is -2.07. The van der Waals surface area contributed by atoms with Crippen LogP contribution < -0.4 is 4.74 Å². The molecule has 4 rings (SSSR count). The zero-order chi connectivity index (χ0) is 24.6. The van der Waals surface area contributed by atoms with E-state index in [1.54, 1.807) is 36.7 Å². The summed E-state index contributed by atoms with van der Waals surface area (Å²) in [5.41, 5.74) is 3.60. The summed E-state index contributed by atoms with van der Waals surface area (Å²) in [6, 6.07) is 11.1. The molecule has 0 aliphatic heterocycles. The van der Waals surface area contributed by atoms with Gasteiger partial charge in [0.05, 0.1) is 12.3 Å². The van der Waals surface area contributed by atoms with Gasteiger partial charge in [0.15, 0.2) is 0 Å². The van der Waals surface area contributed by atoms with Gasteiger partial charge in [-0.15, -0.1) is 0 Å². The van der Waals surface area contributed by atoms with Gasteiger partial charge in [-0.25, -0.2) is 14.4 Å². The molecular formula is C27H27BrFN3O3. The van der Waals surface area contributed by atoms with E-state index in [-0.39, 0.29) is 12.4 Å². The van der Waals surface area contributed by atoms with Crippen molar-refractivity contribution in [2.75, 3.05) is 6.61 Å². The predicted octanol–water partition coefficient (Wildman–Crippen LogP) is 6.00. The molecule has 0 amide bonds. The van der Waals surface area contributed by atoms with Gasteiger partial charge >= 0.3 is 0 Å². The van der Waals surface area contributed by atoms with Crippen LogP contribution in [-0.2, 0) is 26.0 Å². The van der Waals surface area contributed by atoms with E-state index in [2.05, 4.69) is 38.0 Å². The summed E-state index contributed by atoms with van der Waals surface area (Å²) in [4.78, 5) is 8.59. The molecule has 35 heavy (non-hydrogen) atoms. The zero-order valence-corrected chi connectivity index (χ0v) is 21.0. The molecule has 0 spiro atoms. The molecule has 0 saturated heterocycles. The number of rotatable bonds is 11. The normalized spacial score (nSPS) is 11.4. The van der Waals surface area contributed by atoms with Crippen molar-refractivity contribution >= 4 is 28.1 Å². The number of aliphatic hydroxyl groups excluding tert-OH is 1. The highest BCUT2D eigenvalue weighted by Gasteiger charge is 2.07. The van der Waals surface area contributed by atoms with Crippen LogP contribution in [0, 0.1) is 12.7 Å². The van der Waals surface area contributed by atoms with Crippen LogP contribution in [-0.4, -0.2) is 26.2 Å². The highest BCUT2D eigenvalue weighted by molar-refractivity contribution is 9.10. The van der Waals surface area contributed by atoms with Crippen LogP contribution in [0.4, 0.5) is 4.39 Å². The Morgan fingerprint density at radius 2 is 2.06 bits per heavy atom. The SMILES string of the molecule is Cc1cc(CCc2coc(/C=C/c3ccc(Br)cc3F)n2)ccc1OCCCn1ccnc1CO. The number of aryl methyl sites for hydroxylation is 4. The maximum atomic E-state index is 13.9. The average molecular weight is 540 g/mol. The second kappa shape index (κ2) is 12.0. The number of nitrogens with zero attached hydrogens (tertiary/aromatic N) is 3. The van der Waals surface area contributed by atoms with Crippen LogP contribution >= 0.6 is 15.9 Å². The van der Waals surface area contributed by atoms with Crippen molar-refractivity contribution < 1.29 is 18.7 Å². The fraction of sp³-hybridized carbons (Fsp3) is 0.259. The smallest absolute Gasteiger partial charge is 0.218 e. The molecule has 8 heteroatoms. The first-order valence-electron chi connectivity index (χ1n) is 11.4. The number of ether oxygens (including phenoxy) is 1. The first-order chi connectivity index (χ1) is 17.0. The molecule has 0 aliphatic rings. The van der Waals surface area contributed by atoms with Crippen molar-refractivity contribution in [2.24, 2.45) is 0 Å². The van der Waals surface area contributed by atoms with Crippen molar-refractivity contribution in [1.29, 1.82) is 0 Å². The third-order valence-electron chi connectivity index (χ3n) is 5.59. The van der Waals surface area contributed by atoms with Crippen LogP contribution in [0.2, 0.25) is 0 Å². The van der Waals surface area contributed by atoms with E-state index in [1.807, 2.05) is 23.8 Å². The number of halogens is 2. The lowest BCUT2D eigenvalue weighted by molar-refractivity contribution is 0.259. The molecular weight excluding hydrogens is 513 g/mol. The topological polar surface area (TPSA) is 73.3 Å². The number of imidazole rings is 1. The standard InChI is InChI=1S/C27H27BrFN3O3/c1-19-15-20(4-9-25(19)34-14-2-12-32-13-11-30-26(32)17-33)3-8-23-18-35-27(31-23)10-6-21-5-7-22(28)16-24(21)29/h4-7,9-11,13,15-16,18,33H,2-3,8,12,14,17H2,1H3/b10-6+. The van der Waals surface area contributed by atoms with E-state index >= 15 is 0 Å². The van der Waals surface area contributed by atoms with Crippen LogP contribution in [0.25, 0.3) is 12.2 Å². The Morgan fingerprint density at radius 3 is 2.86 bits per heavy atom. The van der Waals surface area contributed by atoms with Gasteiger partial charge < -0.3 is 18.8 Å². The molecule has 0 bridgehead atoms. The molecule has 0 aliphatic carbocycles. The second-order valence-electron chi connectivity index (χ2n) is 8.17. The summed E-state index contributed by atoms with van der Waals surface area (Å²) in [6.45, 7) is 3.31. The minimum Gasteiger partial charge on any atom is -0.493 e. The average Bonchev–Trinajstić information content (AvgIpc) is 3.50. The van der Waals surface area contributed by atoms with Crippen LogP contribution in [0.1, 0.15) is 40.5 Å². The van der Waals surface area contributed by atoms with Crippen molar-refractivity contribution in [3.63, 3.8) is 0 Å². The highest BCUT2D eigenvalue weighted by Crippen LogP contribution is 2.21. The fourth-order valence-electron chi connectivity index (χ4n) is 3.73. The van der Waals surface area contributed by atoms with Gasteiger partial charge in [0, 0.05) is 35.1 Å². The zero-order valence-electron chi connectivity index (χ0n) is 19.5. The Balaban J connectivity index is 1.25. The minimum absolute atomic E-state index is 0.0627. The summed E-state index contributed by atoms with van der Waals surface area (Å²) in [7, 11) is 0. The number of hydrogen-bond donors (Lipinski definition) is 1. The third-order valence-corrected chi connectivity index (χ3v) is 6.08. The molecule has 2 heterocycles. The number of oxazole rings is 1. The van der Waals surface area contributed by atoms with Crippen molar-refractivity contribution in [2.45, 2.75) is 39.3 Å². The Labute approximate surface area is 212 Å². The Hall–Kier alpha value is -3.23. The first kappa shape index (κ1) is 24.9. The lowest BCUT2D eigenvalue weighted by Gasteiger charge is -2.11. The minimum atomic E-state index is -0.306. The van der Waals surface area contributed by atoms with Gasteiger partial charge in [0.2, 0.25) is 5.89 Å². The molecule has 0 unspecified atom stereocenters. The first-order valence-corrected chi connectivity index (χ1v) is 12.2. The maximum Gasteiger partial charge on any atom is 0.218 e. The number of benzene rings is 2. The van der Waals surface area contributed by atoms with Gasteiger partial charge in [0.1, 0.15) is 30.3 Å². The van der Waals surface area contributed by atoms with Gasteiger partial charge in [-0.2, -0.15) is 0 Å².